The van der Waals surface area contributed by atoms with Crippen LogP contribution in [0.1, 0.15) is 22.4 Å². The van der Waals surface area contributed by atoms with Crippen molar-refractivity contribution in [2.24, 2.45) is 0 Å². The van der Waals surface area contributed by atoms with Crippen LogP contribution >= 0.6 is 0 Å². The quantitative estimate of drug-likeness (QED) is 0.803. The molecule has 0 aliphatic carbocycles. The molecule has 0 radical (unpaired) electrons. The van der Waals surface area contributed by atoms with Gasteiger partial charge in [0.15, 0.2) is 0 Å². The Morgan fingerprint density at radius 2 is 1.81 bits per heavy atom. The van der Waals surface area contributed by atoms with Crippen LogP contribution in [0.2, 0.25) is 0 Å². The molecule has 2 rings (SSSR count). The maximum Gasteiger partial charge on any atom is 0.0551 e. The van der Waals surface area contributed by atoms with E-state index in [9.17, 15) is 0 Å². The van der Waals surface area contributed by atoms with Crippen molar-refractivity contribution >= 4 is 5.69 Å². The lowest BCUT2D eigenvalue weighted by molar-refractivity contribution is 1.06. The Balaban J connectivity index is 2.15. The lowest BCUT2D eigenvalue weighted by Gasteiger charge is -2.13. The molecule has 0 fully saturated rings. The van der Waals surface area contributed by atoms with Gasteiger partial charge >= 0.3 is 0 Å². The molecule has 0 amide bonds. The Bertz CT molecular complexity index is 446. The Kier molecular flexibility index (Phi) is 3.00. The fourth-order valence-electron chi connectivity index (χ4n) is 2.12. The van der Waals surface area contributed by atoms with Crippen LogP contribution in [0.5, 0.6) is 0 Å². The minimum Gasteiger partial charge on any atom is -0.379 e. The molecule has 2 N–H and O–H groups in total. The zero-order valence-corrected chi connectivity index (χ0v) is 10.1. The van der Waals surface area contributed by atoms with E-state index in [0.717, 1.165) is 6.54 Å². The first-order valence-corrected chi connectivity index (χ1v) is 5.61. The summed E-state index contributed by atoms with van der Waals surface area (Å²) >= 11 is 0. The summed E-state index contributed by atoms with van der Waals surface area (Å²) in [4.78, 5) is 3.20. The molecular formula is C14H18N2. The van der Waals surface area contributed by atoms with Gasteiger partial charge in [0, 0.05) is 17.6 Å². The summed E-state index contributed by atoms with van der Waals surface area (Å²) in [6, 6.07) is 8.53. The predicted molar refractivity (Wildman–Crippen MR) is 68.8 cm³/mol. The van der Waals surface area contributed by atoms with Gasteiger partial charge in [-0.2, -0.15) is 0 Å². The average molecular weight is 214 g/mol. The standard InChI is InChI=1S/C14H18N2/c1-10-7-11(2)14(12(3)8-10)16-9-13-5-4-6-15-13/h4-8,15-16H,9H2,1-3H3. The highest BCUT2D eigenvalue weighted by Gasteiger charge is 2.03. The van der Waals surface area contributed by atoms with Crippen LogP contribution in [0.3, 0.4) is 0 Å². The van der Waals surface area contributed by atoms with Crippen molar-refractivity contribution in [3.63, 3.8) is 0 Å². The summed E-state index contributed by atoms with van der Waals surface area (Å²) < 4.78 is 0. The van der Waals surface area contributed by atoms with Crippen LogP contribution in [0.25, 0.3) is 0 Å². The SMILES string of the molecule is Cc1cc(C)c(NCc2ccc[nH]2)c(C)c1. The number of aryl methyl sites for hydroxylation is 3. The number of rotatable bonds is 3. The molecule has 16 heavy (non-hydrogen) atoms. The molecule has 0 aliphatic rings. The number of hydrogen-bond donors (Lipinski definition) is 2. The second kappa shape index (κ2) is 4.44. The van der Waals surface area contributed by atoms with Crippen molar-refractivity contribution in [2.45, 2.75) is 27.3 Å². The van der Waals surface area contributed by atoms with Crippen molar-refractivity contribution in [1.82, 2.24) is 4.98 Å². The Labute approximate surface area is 96.7 Å². The topological polar surface area (TPSA) is 27.8 Å². The van der Waals surface area contributed by atoms with Crippen LogP contribution in [0.15, 0.2) is 30.5 Å². The minimum absolute atomic E-state index is 0.845. The molecule has 0 saturated heterocycles. The molecule has 0 bridgehead atoms. The third-order valence-electron chi connectivity index (χ3n) is 2.80. The molecule has 2 heteroatoms. The third kappa shape index (κ3) is 2.27. The van der Waals surface area contributed by atoms with Crippen LogP contribution in [0.4, 0.5) is 5.69 Å². The number of aromatic nitrogens is 1. The van der Waals surface area contributed by atoms with Crippen molar-refractivity contribution in [3.8, 4) is 0 Å². The second-order valence-corrected chi connectivity index (χ2v) is 4.32. The first-order chi connectivity index (χ1) is 7.66. The molecule has 0 saturated carbocycles. The highest BCUT2D eigenvalue weighted by Crippen LogP contribution is 2.22. The van der Waals surface area contributed by atoms with Crippen LogP contribution in [-0.2, 0) is 6.54 Å². The number of benzene rings is 1. The average Bonchev–Trinajstić information content (AvgIpc) is 2.68. The summed E-state index contributed by atoms with van der Waals surface area (Å²) in [5.74, 6) is 0. The molecule has 0 spiro atoms. The summed E-state index contributed by atoms with van der Waals surface area (Å²) in [5.41, 5.74) is 6.40. The maximum atomic E-state index is 3.48. The summed E-state index contributed by atoms with van der Waals surface area (Å²) in [5, 5.41) is 3.48. The fraction of sp³-hybridized carbons (Fsp3) is 0.286. The molecule has 1 aromatic carbocycles. The monoisotopic (exact) mass is 214 g/mol. The molecule has 84 valence electrons. The lowest BCUT2D eigenvalue weighted by atomic mass is 10.1. The van der Waals surface area contributed by atoms with Gasteiger partial charge in [0.05, 0.1) is 6.54 Å². The summed E-state index contributed by atoms with van der Waals surface area (Å²) in [7, 11) is 0. The van der Waals surface area contributed by atoms with Gasteiger partial charge in [-0.25, -0.2) is 0 Å². The minimum atomic E-state index is 0.845. The highest BCUT2D eigenvalue weighted by molar-refractivity contribution is 5.58. The van der Waals surface area contributed by atoms with Gasteiger partial charge in [-0.1, -0.05) is 17.7 Å². The fourth-order valence-corrected chi connectivity index (χ4v) is 2.12. The second-order valence-electron chi connectivity index (χ2n) is 4.32. The molecule has 1 aromatic heterocycles. The van der Waals surface area contributed by atoms with E-state index < -0.39 is 0 Å². The first kappa shape index (κ1) is 10.8. The van der Waals surface area contributed by atoms with E-state index in [4.69, 9.17) is 0 Å². The molecule has 1 heterocycles. The molecule has 2 aromatic rings. The Morgan fingerprint density at radius 1 is 1.12 bits per heavy atom. The molecule has 0 aliphatic heterocycles. The van der Waals surface area contributed by atoms with Gasteiger partial charge in [-0.3, -0.25) is 0 Å². The number of nitrogens with one attached hydrogen (secondary N) is 2. The van der Waals surface area contributed by atoms with Crippen LogP contribution < -0.4 is 5.32 Å². The normalized spacial score (nSPS) is 10.4. The zero-order chi connectivity index (χ0) is 11.5. The van der Waals surface area contributed by atoms with E-state index in [2.05, 4.69) is 49.3 Å². The number of hydrogen-bond acceptors (Lipinski definition) is 1. The predicted octanol–water partition coefficient (Wildman–Crippen LogP) is 3.55. The smallest absolute Gasteiger partial charge is 0.0551 e. The van der Waals surface area contributed by atoms with E-state index in [-0.39, 0.29) is 0 Å². The van der Waals surface area contributed by atoms with E-state index in [1.807, 2.05) is 12.3 Å². The van der Waals surface area contributed by atoms with Crippen LogP contribution in [0, 0.1) is 20.8 Å². The lowest BCUT2D eigenvalue weighted by Crippen LogP contribution is -2.03. The van der Waals surface area contributed by atoms with Gasteiger partial charge < -0.3 is 10.3 Å². The van der Waals surface area contributed by atoms with Crippen molar-refractivity contribution < 1.29 is 0 Å². The van der Waals surface area contributed by atoms with Crippen LogP contribution in [-0.4, -0.2) is 4.98 Å². The van der Waals surface area contributed by atoms with Gasteiger partial charge in [0.1, 0.15) is 0 Å². The number of H-pyrrole nitrogens is 1. The van der Waals surface area contributed by atoms with Crippen molar-refractivity contribution in [1.29, 1.82) is 0 Å². The first-order valence-electron chi connectivity index (χ1n) is 5.61. The summed E-state index contributed by atoms with van der Waals surface area (Å²) in [6.07, 6.45) is 1.95. The van der Waals surface area contributed by atoms with E-state index >= 15 is 0 Å². The van der Waals surface area contributed by atoms with Gasteiger partial charge in [0.25, 0.3) is 0 Å². The molecular weight excluding hydrogens is 196 g/mol. The Morgan fingerprint density at radius 3 is 2.38 bits per heavy atom. The van der Waals surface area contributed by atoms with E-state index in [0.29, 0.717) is 0 Å². The van der Waals surface area contributed by atoms with Gasteiger partial charge in [-0.05, 0) is 44.0 Å². The Hall–Kier alpha value is -1.70. The number of aromatic amines is 1. The number of anilines is 1. The molecule has 0 atom stereocenters. The highest BCUT2D eigenvalue weighted by atomic mass is 14.9. The molecule has 2 nitrogen and oxygen atoms in total. The molecule has 0 unspecified atom stereocenters. The zero-order valence-electron chi connectivity index (χ0n) is 10.1. The van der Waals surface area contributed by atoms with Gasteiger partial charge in [0.2, 0.25) is 0 Å². The largest absolute Gasteiger partial charge is 0.379 e. The van der Waals surface area contributed by atoms with Crippen molar-refractivity contribution in [2.75, 3.05) is 5.32 Å². The third-order valence-corrected chi connectivity index (χ3v) is 2.80. The van der Waals surface area contributed by atoms with E-state index in [1.165, 1.54) is 28.1 Å². The van der Waals surface area contributed by atoms with Gasteiger partial charge in [-0.15, -0.1) is 0 Å². The van der Waals surface area contributed by atoms with E-state index in [1.54, 1.807) is 0 Å². The van der Waals surface area contributed by atoms with Crippen molar-refractivity contribution in [3.05, 3.63) is 52.8 Å². The summed E-state index contributed by atoms with van der Waals surface area (Å²) in [6.45, 7) is 7.28. The maximum absolute atomic E-state index is 3.48.